The smallest absolute Gasteiger partial charge is 0.107 e. The highest BCUT2D eigenvalue weighted by molar-refractivity contribution is 5.16. The molecule has 2 heteroatoms. The van der Waals surface area contributed by atoms with Crippen molar-refractivity contribution >= 4 is 0 Å². The van der Waals surface area contributed by atoms with Crippen LogP contribution in [0.1, 0.15) is 34.6 Å². The Morgan fingerprint density at radius 2 is 2.00 bits per heavy atom. The lowest BCUT2D eigenvalue weighted by Gasteiger charge is -2.46. The molecule has 0 bridgehead atoms. The molecule has 1 aliphatic rings. The Morgan fingerprint density at radius 1 is 1.43 bits per heavy atom. The van der Waals surface area contributed by atoms with Gasteiger partial charge in [-0.2, -0.15) is 5.26 Å². The van der Waals surface area contributed by atoms with Gasteiger partial charge in [0.25, 0.3) is 0 Å². The molecule has 1 aliphatic heterocycles. The summed E-state index contributed by atoms with van der Waals surface area (Å²) in [7, 11) is 0. The first-order valence-electron chi connectivity index (χ1n) is 5.13. The van der Waals surface area contributed by atoms with Crippen LogP contribution in [-0.4, -0.2) is 23.0 Å². The lowest BCUT2D eigenvalue weighted by Crippen LogP contribution is -2.54. The number of hydrogen-bond acceptors (Lipinski definition) is 2. The molecule has 0 fully saturated rings. The molecule has 0 N–H and O–H groups in total. The van der Waals surface area contributed by atoms with Crippen molar-refractivity contribution in [1.29, 1.82) is 5.26 Å². The maximum absolute atomic E-state index is 9.23. The average molecular weight is 192 g/mol. The zero-order valence-corrected chi connectivity index (χ0v) is 9.83. The van der Waals surface area contributed by atoms with Crippen molar-refractivity contribution in [2.24, 2.45) is 5.41 Å². The summed E-state index contributed by atoms with van der Waals surface area (Å²) in [6, 6.07) is 2.40. The van der Waals surface area contributed by atoms with Crippen LogP contribution in [0, 0.1) is 16.7 Å². The van der Waals surface area contributed by atoms with Crippen LogP contribution in [0.25, 0.3) is 0 Å². The van der Waals surface area contributed by atoms with E-state index in [1.54, 1.807) is 0 Å². The summed E-state index contributed by atoms with van der Waals surface area (Å²) in [6.45, 7) is 11.6. The first-order valence-corrected chi connectivity index (χ1v) is 5.13. The molecule has 0 saturated heterocycles. The van der Waals surface area contributed by atoms with E-state index in [0.29, 0.717) is 0 Å². The second kappa shape index (κ2) is 3.40. The van der Waals surface area contributed by atoms with E-state index in [0.717, 1.165) is 6.54 Å². The molecular weight excluding hydrogens is 172 g/mol. The predicted molar refractivity (Wildman–Crippen MR) is 58.8 cm³/mol. The van der Waals surface area contributed by atoms with Crippen molar-refractivity contribution < 1.29 is 0 Å². The molecule has 78 valence electrons. The van der Waals surface area contributed by atoms with Crippen LogP contribution in [0.5, 0.6) is 0 Å². The van der Waals surface area contributed by atoms with Crippen LogP contribution in [-0.2, 0) is 0 Å². The highest BCUT2D eigenvalue weighted by Crippen LogP contribution is 2.33. The summed E-state index contributed by atoms with van der Waals surface area (Å²) in [4.78, 5) is 2.26. The number of rotatable bonds is 0. The molecular formula is C12H20N2. The molecule has 0 amide bonds. The van der Waals surface area contributed by atoms with Crippen molar-refractivity contribution in [2.75, 3.05) is 6.54 Å². The minimum atomic E-state index is -0.0414. The zero-order chi connectivity index (χ0) is 11.0. The minimum Gasteiger partial charge on any atom is -0.279 e. The lowest BCUT2D eigenvalue weighted by molar-refractivity contribution is 0.0664. The molecule has 1 atom stereocenters. The largest absolute Gasteiger partial charge is 0.279 e. The highest BCUT2D eigenvalue weighted by Gasteiger charge is 2.39. The van der Waals surface area contributed by atoms with Crippen LogP contribution in [0.3, 0.4) is 0 Å². The zero-order valence-electron chi connectivity index (χ0n) is 9.83. The van der Waals surface area contributed by atoms with Gasteiger partial charge in [-0.1, -0.05) is 26.0 Å². The van der Waals surface area contributed by atoms with E-state index in [9.17, 15) is 5.26 Å². The second-order valence-corrected chi connectivity index (χ2v) is 5.58. The molecule has 0 aromatic heterocycles. The molecule has 1 unspecified atom stereocenters. The highest BCUT2D eigenvalue weighted by atomic mass is 15.2. The van der Waals surface area contributed by atoms with Gasteiger partial charge in [0.2, 0.25) is 0 Å². The predicted octanol–water partition coefficient (Wildman–Crippen LogP) is 2.58. The van der Waals surface area contributed by atoms with E-state index in [4.69, 9.17) is 0 Å². The van der Waals surface area contributed by atoms with Crippen molar-refractivity contribution in [1.82, 2.24) is 4.90 Å². The van der Waals surface area contributed by atoms with Crippen LogP contribution in [0.4, 0.5) is 0 Å². The molecule has 0 aliphatic carbocycles. The van der Waals surface area contributed by atoms with Gasteiger partial charge in [-0.25, -0.2) is 0 Å². The first kappa shape index (κ1) is 11.3. The third-order valence-electron chi connectivity index (χ3n) is 2.85. The van der Waals surface area contributed by atoms with Crippen LogP contribution < -0.4 is 0 Å². The Balaban J connectivity index is 3.02. The van der Waals surface area contributed by atoms with Gasteiger partial charge in [0.05, 0.1) is 6.07 Å². The summed E-state index contributed by atoms with van der Waals surface area (Å²) in [6.07, 6.45) is 4.32. The first-order chi connectivity index (χ1) is 6.29. The fourth-order valence-electron chi connectivity index (χ4n) is 1.97. The summed E-state index contributed by atoms with van der Waals surface area (Å²) >= 11 is 0. The molecule has 0 aromatic carbocycles. The topological polar surface area (TPSA) is 27.0 Å². The second-order valence-electron chi connectivity index (χ2n) is 5.58. The summed E-state index contributed by atoms with van der Waals surface area (Å²) < 4.78 is 0. The van der Waals surface area contributed by atoms with Crippen molar-refractivity contribution in [3.63, 3.8) is 0 Å². The van der Waals surface area contributed by atoms with Crippen LogP contribution >= 0.6 is 0 Å². The Labute approximate surface area is 87.2 Å². The summed E-state index contributed by atoms with van der Waals surface area (Å²) in [5, 5.41) is 9.23. The maximum atomic E-state index is 9.23. The van der Waals surface area contributed by atoms with Gasteiger partial charge >= 0.3 is 0 Å². The van der Waals surface area contributed by atoms with E-state index in [1.807, 2.05) is 0 Å². The monoisotopic (exact) mass is 192 g/mol. The van der Waals surface area contributed by atoms with E-state index in [2.05, 4.69) is 57.7 Å². The average Bonchev–Trinajstić information content (AvgIpc) is 2.00. The molecule has 2 nitrogen and oxygen atoms in total. The molecule has 0 aromatic rings. The van der Waals surface area contributed by atoms with Crippen molar-refractivity contribution in [3.05, 3.63) is 12.2 Å². The van der Waals surface area contributed by atoms with Gasteiger partial charge < -0.3 is 0 Å². The lowest BCUT2D eigenvalue weighted by atomic mass is 9.79. The maximum Gasteiger partial charge on any atom is 0.107 e. The Morgan fingerprint density at radius 3 is 2.36 bits per heavy atom. The van der Waals surface area contributed by atoms with Crippen LogP contribution in [0.15, 0.2) is 12.2 Å². The fourth-order valence-corrected chi connectivity index (χ4v) is 1.97. The van der Waals surface area contributed by atoms with E-state index in [1.165, 1.54) is 0 Å². The normalized spacial score (nSPS) is 27.3. The Bertz CT molecular complexity index is 276. The fraction of sp³-hybridized carbons (Fsp3) is 0.750. The van der Waals surface area contributed by atoms with Crippen LogP contribution in [0.2, 0.25) is 0 Å². The molecule has 0 radical (unpaired) electrons. The number of nitriles is 1. The molecule has 14 heavy (non-hydrogen) atoms. The van der Waals surface area contributed by atoms with Crippen molar-refractivity contribution in [2.45, 2.75) is 46.2 Å². The van der Waals surface area contributed by atoms with Gasteiger partial charge in [-0.15, -0.1) is 0 Å². The number of hydrogen-bond donors (Lipinski definition) is 0. The van der Waals surface area contributed by atoms with Gasteiger partial charge in [0.1, 0.15) is 6.04 Å². The van der Waals surface area contributed by atoms with E-state index in [-0.39, 0.29) is 17.0 Å². The van der Waals surface area contributed by atoms with Crippen molar-refractivity contribution in [3.8, 4) is 6.07 Å². The summed E-state index contributed by atoms with van der Waals surface area (Å²) in [5.41, 5.74) is 0.0166. The third kappa shape index (κ3) is 1.99. The van der Waals surface area contributed by atoms with Gasteiger partial charge in [-0.3, -0.25) is 4.90 Å². The van der Waals surface area contributed by atoms with E-state index < -0.39 is 0 Å². The molecule has 1 heterocycles. The molecule has 1 rings (SSSR count). The van der Waals surface area contributed by atoms with E-state index >= 15 is 0 Å². The molecule has 0 saturated carbocycles. The quantitative estimate of drug-likeness (QED) is 0.552. The minimum absolute atomic E-state index is 0.0208. The van der Waals surface area contributed by atoms with Gasteiger partial charge in [0, 0.05) is 17.5 Å². The van der Waals surface area contributed by atoms with Gasteiger partial charge in [-0.05, 0) is 20.8 Å². The molecule has 0 spiro atoms. The summed E-state index contributed by atoms with van der Waals surface area (Å²) in [5.74, 6) is 0. The third-order valence-corrected chi connectivity index (χ3v) is 2.85. The Kier molecular flexibility index (Phi) is 2.74. The SMILES string of the molecule is CC1(C)C=CCN(C(C)(C)C)C1C#N. The standard InChI is InChI=1S/C12H20N2/c1-11(2,3)14-8-6-7-12(4,5)10(14)9-13/h6-7,10H,8H2,1-5H3. The Hall–Kier alpha value is -0.810. The van der Waals surface area contributed by atoms with Gasteiger partial charge in [0.15, 0.2) is 0 Å². The number of nitrogens with zero attached hydrogens (tertiary/aromatic N) is 2.